The maximum atomic E-state index is 14.1. The van der Waals surface area contributed by atoms with E-state index in [1.807, 2.05) is 36.4 Å². The second-order valence-electron chi connectivity index (χ2n) is 8.46. The molecule has 1 heterocycles. The second-order valence-corrected chi connectivity index (χ2v) is 8.46. The first kappa shape index (κ1) is 19.1. The molecular formula is C25H27N3O2. The van der Waals surface area contributed by atoms with Gasteiger partial charge in [-0.05, 0) is 37.0 Å². The van der Waals surface area contributed by atoms with Crippen molar-refractivity contribution in [3.8, 4) is 16.9 Å². The van der Waals surface area contributed by atoms with Gasteiger partial charge >= 0.3 is 0 Å². The highest BCUT2D eigenvalue weighted by atomic mass is 16.3. The first-order chi connectivity index (χ1) is 14.7. The minimum atomic E-state index is -0.141. The molecule has 1 fully saturated rings. The predicted molar refractivity (Wildman–Crippen MR) is 119 cm³/mol. The quantitative estimate of drug-likeness (QED) is 0.692. The molecular weight excluding hydrogens is 374 g/mol. The highest BCUT2D eigenvalue weighted by Crippen LogP contribution is 2.48. The summed E-state index contributed by atoms with van der Waals surface area (Å²) in [5.41, 5.74) is 4.71. The van der Waals surface area contributed by atoms with E-state index in [4.69, 9.17) is 4.98 Å². The van der Waals surface area contributed by atoms with E-state index in [2.05, 4.69) is 23.5 Å². The van der Waals surface area contributed by atoms with Crippen molar-refractivity contribution in [2.24, 2.45) is 0 Å². The number of hydrogen-bond donors (Lipinski definition) is 2. The standard InChI is InChI=1S/C25H27N3O2/c29-16-15-26-24-27-22-20-12-6-5-9-18(20)17-25(13-7-2-8-14-25)21(22)23(30)28(24)19-10-3-1-4-11-19/h1,3-6,9-12,29H,2,7-8,13-17H2,(H,26,27). The van der Waals surface area contributed by atoms with E-state index in [1.54, 1.807) is 4.57 Å². The molecule has 5 rings (SSSR count). The zero-order valence-electron chi connectivity index (χ0n) is 17.1. The van der Waals surface area contributed by atoms with Gasteiger partial charge in [0.15, 0.2) is 0 Å². The third-order valence-corrected chi connectivity index (χ3v) is 6.63. The molecule has 2 aliphatic rings. The van der Waals surface area contributed by atoms with Crippen LogP contribution in [0, 0.1) is 0 Å². The lowest BCUT2D eigenvalue weighted by atomic mass is 9.62. The van der Waals surface area contributed by atoms with Crippen molar-refractivity contribution in [3.05, 3.63) is 76.1 Å². The van der Waals surface area contributed by atoms with Gasteiger partial charge in [0.05, 0.1) is 23.6 Å². The Bertz CT molecular complexity index is 1110. The molecule has 2 N–H and O–H groups in total. The molecule has 0 saturated heterocycles. The molecule has 1 saturated carbocycles. The van der Waals surface area contributed by atoms with Crippen LogP contribution in [0.1, 0.15) is 43.2 Å². The molecule has 0 unspecified atom stereocenters. The van der Waals surface area contributed by atoms with Crippen LogP contribution in [0.25, 0.3) is 16.9 Å². The summed E-state index contributed by atoms with van der Waals surface area (Å²) in [6.07, 6.45) is 6.50. The Labute approximate surface area is 176 Å². The molecule has 0 aliphatic heterocycles. The summed E-state index contributed by atoms with van der Waals surface area (Å²) in [5, 5.41) is 12.6. The van der Waals surface area contributed by atoms with Crippen molar-refractivity contribution in [1.82, 2.24) is 9.55 Å². The Morgan fingerprint density at radius 3 is 2.50 bits per heavy atom. The summed E-state index contributed by atoms with van der Waals surface area (Å²) in [6.45, 7) is 0.313. The average Bonchev–Trinajstić information content (AvgIpc) is 2.78. The van der Waals surface area contributed by atoms with Crippen LogP contribution in [0.4, 0.5) is 5.95 Å². The van der Waals surface area contributed by atoms with E-state index in [9.17, 15) is 9.90 Å². The molecule has 0 radical (unpaired) electrons. The normalized spacial score (nSPS) is 16.7. The molecule has 2 aromatic carbocycles. The number of benzene rings is 2. The topological polar surface area (TPSA) is 67.2 Å². The largest absolute Gasteiger partial charge is 0.395 e. The van der Waals surface area contributed by atoms with Crippen LogP contribution in [0.15, 0.2) is 59.4 Å². The number of hydrogen-bond acceptors (Lipinski definition) is 4. The fraction of sp³-hybridized carbons (Fsp3) is 0.360. The monoisotopic (exact) mass is 401 g/mol. The maximum Gasteiger partial charge on any atom is 0.263 e. The van der Waals surface area contributed by atoms with Crippen LogP contribution < -0.4 is 10.9 Å². The van der Waals surface area contributed by atoms with Crippen molar-refractivity contribution in [3.63, 3.8) is 0 Å². The van der Waals surface area contributed by atoms with E-state index in [1.165, 1.54) is 12.0 Å². The molecule has 5 nitrogen and oxygen atoms in total. The van der Waals surface area contributed by atoms with Crippen molar-refractivity contribution in [2.75, 3.05) is 18.5 Å². The summed E-state index contributed by atoms with van der Waals surface area (Å²) >= 11 is 0. The van der Waals surface area contributed by atoms with Crippen molar-refractivity contribution in [1.29, 1.82) is 0 Å². The molecule has 0 bridgehead atoms. The van der Waals surface area contributed by atoms with Gasteiger partial charge in [-0.2, -0.15) is 0 Å². The van der Waals surface area contributed by atoms with Crippen LogP contribution in [0.5, 0.6) is 0 Å². The van der Waals surface area contributed by atoms with Gasteiger partial charge in [-0.3, -0.25) is 4.79 Å². The first-order valence-corrected chi connectivity index (χ1v) is 10.9. The molecule has 154 valence electrons. The summed E-state index contributed by atoms with van der Waals surface area (Å²) < 4.78 is 1.69. The van der Waals surface area contributed by atoms with Crippen LogP contribution >= 0.6 is 0 Å². The number of aromatic nitrogens is 2. The number of para-hydroxylation sites is 1. The molecule has 0 atom stereocenters. The van der Waals surface area contributed by atoms with Crippen molar-refractivity contribution < 1.29 is 5.11 Å². The molecule has 0 amide bonds. The maximum absolute atomic E-state index is 14.1. The smallest absolute Gasteiger partial charge is 0.263 e. The Balaban J connectivity index is 1.82. The number of nitrogens with one attached hydrogen (secondary N) is 1. The zero-order valence-corrected chi connectivity index (χ0v) is 17.1. The zero-order chi connectivity index (χ0) is 20.6. The molecule has 1 aromatic heterocycles. The van der Waals surface area contributed by atoms with E-state index in [-0.39, 0.29) is 17.6 Å². The van der Waals surface area contributed by atoms with Crippen molar-refractivity contribution in [2.45, 2.75) is 43.9 Å². The number of aliphatic hydroxyl groups is 1. The van der Waals surface area contributed by atoms with Gasteiger partial charge in [0.25, 0.3) is 5.56 Å². The Morgan fingerprint density at radius 1 is 1.00 bits per heavy atom. The van der Waals surface area contributed by atoms with Gasteiger partial charge in [-0.1, -0.05) is 61.7 Å². The number of anilines is 1. The van der Waals surface area contributed by atoms with Crippen LogP contribution in [0.3, 0.4) is 0 Å². The van der Waals surface area contributed by atoms with Gasteiger partial charge in [0, 0.05) is 17.5 Å². The number of rotatable bonds is 4. The average molecular weight is 402 g/mol. The Morgan fingerprint density at radius 2 is 1.73 bits per heavy atom. The van der Waals surface area contributed by atoms with E-state index in [0.29, 0.717) is 12.5 Å². The van der Waals surface area contributed by atoms with Crippen LogP contribution in [-0.2, 0) is 11.8 Å². The highest BCUT2D eigenvalue weighted by Gasteiger charge is 2.43. The van der Waals surface area contributed by atoms with Gasteiger partial charge in [0.1, 0.15) is 0 Å². The number of nitrogens with zero attached hydrogens (tertiary/aromatic N) is 2. The molecule has 1 spiro atoms. The molecule has 2 aliphatic carbocycles. The lowest BCUT2D eigenvalue weighted by molar-refractivity contribution is 0.284. The van der Waals surface area contributed by atoms with E-state index >= 15 is 0 Å². The molecule has 3 aromatic rings. The summed E-state index contributed by atoms with van der Waals surface area (Å²) in [4.78, 5) is 19.1. The van der Waals surface area contributed by atoms with Gasteiger partial charge < -0.3 is 10.4 Å². The van der Waals surface area contributed by atoms with E-state index < -0.39 is 0 Å². The Kier molecular flexibility index (Phi) is 4.91. The van der Waals surface area contributed by atoms with Crippen molar-refractivity contribution >= 4 is 5.95 Å². The minimum absolute atomic E-state index is 0.0167. The highest BCUT2D eigenvalue weighted by molar-refractivity contribution is 5.73. The number of fused-ring (bicyclic) bond motifs is 4. The summed E-state index contributed by atoms with van der Waals surface area (Å²) in [5.74, 6) is 0.488. The summed E-state index contributed by atoms with van der Waals surface area (Å²) in [7, 11) is 0. The predicted octanol–water partition coefficient (Wildman–Crippen LogP) is 4.06. The number of aliphatic hydroxyl groups excluding tert-OH is 1. The molecule has 5 heteroatoms. The minimum Gasteiger partial charge on any atom is -0.395 e. The van der Waals surface area contributed by atoms with E-state index in [0.717, 1.165) is 54.6 Å². The van der Waals surface area contributed by atoms with Crippen LogP contribution in [-0.4, -0.2) is 27.8 Å². The lowest BCUT2D eigenvalue weighted by Gasteiger charge is -2.42. The SMILES string of the molecule is O=c1c2c(nc(NCCO)n1-c1ccccc1)-c1ccccc1CC21CCCCC1. The first-order valence-electron chi connectivity index (χ1n) is 10.9. The van der Waals surface area contributed by atoms with Gasteiger partial charge in [0.2, 0.25) is 5.95 Å². The fourth-order valence-corrected chi connectivity index (χ4v) is 5.31. The van der Waals surface area contributed by atoms with Gasteiger partial charge in [-0.15, -0.1) is 0 Å². The fourth-order valence-electron chi connectivity index (χ4n) is 5.31. The summed E-state index contributed by atoms with van der Waals surface area (Å²) in [6, 6.07) is 18.0. The van der Waals surface area contributed by atoms with Gasteiger partial charge in [-0.25, -0.2) is 9.55 Å². The third kappa shape index (κ3) is 3.05. The lowest BCUT2D eigenvalue weighted by Crippen LogP contribution is -2.43. The molecule has 30 heavy (non-hydrogen) atoms. The second kappa shape index (κ2) is 7.73. The van der Waals surface area contributed by atoms with Crippen LogP contribution in [0.2, 0.25) is 0 Å². The Hall–Kier alpha value is -2.92. The third-order valence-electron chi connectivity index (χ3n) is 6.63.